The average Bonchev–Trinajstić information content (AvgIpc) is 3.35. The highest BCUT2D eigenvalue weighted by Crippen LogP contribution is 2.32. The lowest BCUT2D eigenvalue weighted by atomic mass is 10.0. The summed E-state index contributed by atoms with van der Waals surface area (Å²) in [5.74, 6) is -3.94. The molecule has 2 atom stereocenters. The van der Waals surface area contributed by atoms with Gasteiger partial charge in [-0.2, -0.15) is 13.2 Å². The van der Waals surface area contributed by atoms with Crippen molar-refractivity contribution in [2.24, 2.45) is 0 Å². The van der Waals surface area contributed by atoms with Crippen molar-refractivity contribution in [1.82, 2.24) is 5.32 Å². The molecular weight excluding hydrogens is 483 g/mol. The van der Waals surface area contributed by atoms with Gasteiger partial charge >= 0.3 is 18.2 Å². The molecule has 1 amide bonds. The van der Waals surface area contributed by atoms with Crippen LogP contribution in [-0.2, 0) is 16.0 Å². The third kappa shape index (κ3) is 6.66. The number of rotatable bonds is 4. The van der Waals surface area contributed by atoms with E-state index in [9.17, 15) is 26.7 Å². The Morgan fingerprint density at radius 3 is 2.32 bits per heavy atom. The van der Waals surface area contributed by atoms with Crippen LogP contribution in [0.1, 0.15) is 36.8 Å². The number of halogens is 5. The summed E-state index contributed by atoms with van der Waals surface area (Å²) in [6.07, 6.45) is -1.23. The van der Waals surface area contributed by atoms with Gasteiger partial charge < -0.3 is 15.2 Å². The number of hydrogen-bond acceptors (Lipinski definition) is 5. The monoisotopic (exact) mass is 506 g/mol. The summed E-state index contributed by atoms with van der Waals surface area (Å²) in [7, 11) is 1.67. The first kappa shape index (κ1) is 25.9. The molecule has 1 aromatic heterocycles. The lowest BCUT2D eigenvalue weighted by Gasteiger charge is -2.30. The fourth-order valence-electron chi connectivity index (χ4n) is 4.03. The minimum absolute atomic E-state index is 0.0587. The number of anilines is 1. The second-order valence-electron chi connectivity index (χ2n) is 8.14. The van der Waals surface area contributed by atoms with E-state index in [4.69, 9.17) is 14.6 Å². The topological polar surface area (TPSA) is 78.9 Å². The molecule has 1 aromatic carbocycles. The number of piperidine rings is 1. The Hall–Kier alpha value is -2.73. The minimum atomic E-state index is -5.08. The van der Waals surface area contributed by atoms with Crippen molar-refractivity contribution in [1.29, 1.82) is 0 Å². The van der Waals surface area contributed by atoms with Crippen LogP contribution in [-0.4, -0.2) is 48.6 Å². The summed E-state index contributed by atoms with van der Waals surface area (Å²) in [6, 6.07) is 6.32. The zero-order valence-corrected chi connectivity index (χ0v) is 18.9. The number of carbonyl (C=O) groups excluding carboxylic acids is 1. The van der Waals surface area contributed by atoms with Gasteiger partial charge in [0.2, 0.25) is 0 Å². The van der Waals surface area contributed by atoms with Gasteiger partial charge in [-0.3, -0.25) is 4.90 Å². The molecule has 2 N–H and O–H groups in total. The number of nitrogens with one attached hydrogen (secondary N) is 1. The third-order valence-electron chi connectivity index (χ3n) is 5.64. The lowest BCUT2D eigenvalue weighted by molar-refractivity contribution is -0.192. The molecule has 2 aliphatic rings. The number of thiophene rings is 1. The van der Waals surface area contributed by atoms with E-state index in [0.29, 0.717) is 24.1 Å². The normalized spacial score (nSPS) is 21.4. The summed E-state index contributed by atoms with van der Waals surface area (Å²) < 4.78 is 64.6. The van der Waals surface area contributed by atoms with Crippen molar-refractivity contribution in [2.45, 2.75) is 56.5 Å². The Kier molecular flexibility index (Phi) is 8.13. The first-order chi connectivity index (χ1) is 15.9. The fraction of sp³-hybridized carbons (Fsp3) is 0.455. The minimum Gasteiger partial charge on any atom is -0.475 e. The van der Waals surface area contributed by atoms with Gasteiger partial charge in [-0.15, -0.1) is 11.3 Å². The average molecular weight is 506 g/mol. The van der Waals surface area contributed by atoms with E-state index in [-0.39, 0.29) is 12.2 Å². The number of carbonyl (C=O) groups is 2. The first-order valence-electron chi connectivity index (χ1n) is 10.4. The summed E-state index contributed by atoms with van der Waals surface area (Å²) in [5, 5.41) is 13.2. The van der Waals surface area contributed by atoms with E-state index in [0.717, 1.165) is 42.3 Å². The Labute approximate surface area is 196 Å². The SMILES string of the molecule is CN(C(=O)OC1CC2CCC(C1)N2)c1sccc1Cc1ccc(F)cc1F.O=C(O)C(F)(F)F. The maximum absolute atomic E-state index is 14.0. The summed E-state index contributed by atoms with van der Waals surface area (Å²) >= 11 is 1.41. The molecule has 6 nitrogen and oxygen atoms in total. The second kappa shape index (κ2) is 10.7. The molecule has 2 aliphatic heterocycles. The molecule has 4 rings (SSSR count). The van der Waals surface area contributed by atoms with Gasteiger partial charge in [0.05, 0.1) is 0 Å². The molecule has 2 bridgehead atoms. The van der Waals surface area contributed by atoms with Crippen LogP contribution in [0.3, 0.4) is 0 Å². The quantitative estimate of drug-likeness (QED) is 0.564. The number of aliphatic carboxylic acids is 1. The molecule has 12 heteroatoms. The number of amides is 1. The largest absolute Gasteiger partial charge is 0.490 e. The molecule has 0 radical (unpaired) electrons. The maximum Gasteiger partial charge on any atom is 0.490 e. The van der Waals surface area contributed by atoms with Crippen LogP contribution < -0.4 is 10.2 Å². The van der Waals surface area contributed by atoms with Gasteiger partial charge in [-0.05, 0) is 54.3 Å². The van der Waals surface area contributed by atoms with Gasteiger partial charge in [-0.25, -0.2) is 18.4 Å². The highest BCUT2D eigenvalue weighted by molar-refractivity contribution is 7.14. The zero-order valence-electron chi connectivity index (χ0n) is 18.1. The molecule has 0 spiro atoms. The number of benzene rings is 1. The van der Waals surface area contributed by atoms with Crippen LogP contribution in [0.4, 0.5) is 31.7 Å². The van der Waals surface area contributed by atoms with Gasteiger partial charge in [0.1, 0.15) is 22.7 Å². The molecule has 0 aliphatic carbocycles. The number of alkyl halides is 3. The van der Waals surface area contributed by atoms with E-state index in [1.54, 1.807) is 7.05 Å². The Morgan fingerprint density at radius 1 is 1.15 bits per heavy atom. The van der Waals surface area contributed by atoms with Gasteiger partial charge in [-0.1, -0.05) is 6.07 Å². The van der Waals surface area contributed by atoms with Crippen molar-refractivity contribution >= 4 is 28.4 Å². The highest BCUT2D eigenvalue weighted by Gasteiger charge is 2.38. The predicted octanol–water partition coefficient (Wildman–Crippen LogP) is 5.11. The lowest BCUT2D eigenvalue weighted by Crippen LogP contribution is -2.43. The number of fused-ring (bicyclic) bond motifs is 2. The first-order valence-corrected chi connectivity index (χ1v) is 11.3. The van der Waals surface area contributed by atoms with Crippen molar-refractivity contribution in [3.63, 3.8) is 0 Å². The van der Waals surface area contributed by atoms with E-state index in [1.165, 1.54) is 28.4 Å². The van der Waals surface area contributed by atoms with E-state index in [1.807, 2.05) is 11.4 Å². The number of hydrogen-bond donors (Lipinski definition) is 2. The standard InChI is InChI=1S/C20H22F2N2O2S.C2HF3O2/c1-24(20(25)26-17-10-15-4-5-16(11-17)23-15)19-13(6-7-27-19)8-12-2-3-14(21)9-18(12)22;3-2(4,5)1(6)7/h2-3,6-7,9,15-17,23H,4-5,8,10-11H2,1H3;(H,6,7). The van der Waals surface area contributed by atoms with Gasteiger partial charge in [0, 0.05) is 31.6 Å². The Morgan fingerprint density at radius 2 is 1.76 bits per heavy atom. The van der Waals surface area contributed by atoms with E-state index < -0.39 is 23.8 Å². The van der Waals surface area contributed by atoms with E-state index >= 15 is 0 Å². The zero-order chi connectivity index (χ0) is 25.0. The molecule has 2 fully saturated rings. The van der Waals surface area contributed by atoms with Crippen molar-refractivity contribution in [3.8, 4) is 0 Å². The third-order valence-corrected chi connectivity index (χ3v) is 6.67. The molecule has 2 unspecified atom stereocenters. The van der Waals surface area contributed by atoms with Crippen LogP contribution in [0.15, 0.2) is 29.6 Å². The van der Waals surface area contributed by atoms with Gasteiger partial charge in [0.25, 0.3) is 0 Å². The summed E-state index contributed by atoms with van der Waals surface area (Å²) in [4.78, 5) is 23.0. The fourth-order valence-corrected chi connectivity index (χ4v) is 4.92. The molecule has 3 heterocycles. The molecule has 2 saturated heterocycles. The van der Waals surface area contributed by atoms with Crippen molar-refractivity contribution in [3.05, 3.63) is 52.4 Å². The second-order valence-corrected chi connectivity index (χ2v) is 9.04. The van der Waals surface area contributed by atoms with Crippen LogP contribution in [0, 0.1) is 11.6 Å². The van der Waals surface area contributed by atoms with Crippen molar-refractivity contribution in [2.75, 3.05) is 11.9 Å². The number of nitrogens with zero attached hydrogens (tertiary/aromatic N) is 1. The highest BCUT2D eigenvalue weighted by atomic mass is 32.1. The van der Waals surface area contributed by atoms with Crippen LogP contribution in [0.2, 0.25) is 0 Å². The van der Waals surface area contributed by atoms with Crippen molar-refractivity contribution < 1.29 is 41.4 Å². The summed E-state index contributed by atoms with van der Waals surface area (Å²) in [6.45, 7) is 0. The number of carboxylic acids is 1. The van der Waals surface area contributed by atoms with Gasteiger partial charge in [0.15, 0.2) is 0 Å². The Bertz CT molecular complexity index is 1020. The number of carboxylic acid groups (broad SMARTS) is 1. The Balaban J connectivity index is 0.000000406. The van der Waals surface area contributed by atoms with Crippen LogP contribution >= 0.6 is 11.3 Å². The molecule has 34 heavy (non-hydrogen) atoms. The summed E-state index contributed by atoms with van der Waals surface area (Å²) in [5.41, 5.74) is 1.21. The predicted molar refractivity (Wildman–Crippen MR) is 115 cm³/mol. The number of ether oxygens (including phenoxy) is 1. The molecule has 0 saturated carbocycles. The van der Waals surface area contributed by atoms with Crippen LogP contribution in [0.5, 0.6) is 0 Å². The molecule has 2 aromatic rings. The molecular formula is C22H23F5N2O4S. The van der Waals surface area contributed by atoms with E-state index in [2.05, 4.69) is 5.32 Å². The smallest absolute Gasteiger partial charge is 0.475 e. The molecule has 186 valence electrons. The maximum atomic E-state index is 14.0. The van der Waals surface area contributed by atoms with Crippen LogP contribution in [0.25, 0.3) is 0 Å².